The van der Waals surface area contributed by atoms with Gasteiger partial charge in [-0.3, -0.25) is 19.2 Å². The third-order valence-electron chi connectivity index (χ3n) is 11.6. The fraction of sp³-hybridized carbons (Fsp3) is 0.920. The lowest BCUT2D eigenvalue weighted by atomic mass is 9.95. The third-order valence-corrected chi connectivity index (χ3v) is 11.6. The highest BCUT2D eigenvalue weighted by Gasteiger charge is 2.31. The summed E-state index contributed by atoms with van der Waals surface area (Å²) in [5.74, 6) is -2.63. The summed E-state index contributed by atoms with van der Waals surface area (Å²) in [7, 11) is 0. The second-order valence-corrected chi connectivity index (χ2v) is 17.4. The number of hydrogen-bond acceptors (Lipinski definition) is 7. The molecule has 3 unspecified atom stereocenters. The number of carboxylic acid groups (broad SMARTS) is 1. The maximum absolute atomic E-state index is 13.3. The molecule has 58 heavy (non-hydrogen) atoms. The molecule has 0 aromatic carbocycles. The van der Waals surface area contributed by atoms with E-state index in [4.69, 9.17) is 19.3 Å². The van der Waals surface area contributed by atoms with E-state index in [2.05, 4.69) is 13.8 Å². The smallest absolute Gasteiger partial charge is 0.315 e. The summed E-state index contributed by atoms with van der Waals surface area (Å²) < 4.78 is 16.8. The van der Waals surface area contributed by atoms with Crippen LogP contribution in [0.3, 0.4) is 0 Å². The van der Waals surface area contributed by atoms with E-state index in [1.807, 2.05) is 0 Å². The minimum Gasteiger partial charge on any atom is -0.481 e. The Morgan fingerprint density at radius 3 is 1.02 bits per heavy atom. The molecule has 0 bridgehead atoms. The largest absolute Gasteiger partial charge is 0.481 e. The van der Waals surface area contributed by atoms with E-state index in [9.17, 15) is 19.2 Å². The summed E-state index contributed by atoms with van der Waals surface area (Å²) in [5.41, 5.74) is 0. The molecule has 0 radical (unpaired) electrons. The van der Waals surface area contributed by atoms with E-state index in [1.165, 1.54) is 154 Å². The van der Waals surface area contributed by atoms with Crippen molar-refractivity contribution in [3.8, 4) is 0 Å². The summed E-state index contributed by atoms with van der Waals surface area (Å²) in [6.45, 7) is 7.84. The van der Waals surface area contributed by atoms with E-state index in [0.717, 1.165) is 64.2 Å². The molecule has 8 nitrogen and oxygen atoms in total. The second-order valence-electron chi connectivity index (χ2n) is 17.4. The molecule has 0 spiro atoms. The quantitative estimate of drug-likeness (QED) is 0.0367. The Balaban J connectivity index is 4.38. The lowest BCUT2D eigenvalue weighted by molar-refractivity contribution is -0.190. The maximum Gasteiger partial charge on any atom is 0.315 e. The molecule has 0 aromatic heterocycles. The molecule has 3 atom stereocenters. The van der Waals surface area contributed by atoms with Crippen molar-refractivity contribution in [3.63, 3.8) is 0 Å². The first kappa shape index (κ1) is 55.9. The molecule has 0 aliphatic carbocycles. The summed E-state index contributed by atoms with van der Waals surface area (Å²) in [4.78, 5) is 49.5. The van der Waals surface area contributed by atoms with Crippen LogP contribution >= 0.6 is 0 Å². The first-order valence-corrected chi connectivity index (χ1v) is 25.0. The van der Waals surface area contributed by atoms with Gasteiger partial charge in [0, 0.05) is 26.2 Å². The summed E-state index contributed by atoms with van der Waals surface area (Å²) in [6, 6.07) is 0. The molecule has 8 heteroatoms. The maximum atomic E-state index is 13.3. The number of hydrogen-bond donors (Lipinski definition) is 1. The SMILES string of the molecule is CCCCCCCCCCCCCCCCCC(=O)OC(C)OC(=O)C(CCCCCCCC(=O)O)C(C)OC(=O)CCCCCCCCCCCCCCCCC. The zero-order valence-corrected chi connectivity index (χ0v) is 38.6. The Morgan fingerprint density at radius 2 is 0.672 bits per heavy atom. The van der Waals surface area contributed by atoms with E-state index in [1.54, 1.807) is 13.8 Å². The molecule has 1 N–H and O–H groups in total. The highest BCUT2D eigenvalue weighted by atomic mass is 16.7. The van der Waals surface area contributed by atoms with Crippen molar-refractivity contribution in [2.45, 2.75) is 291 Å². The van der Waals surface area contributed by atoms with Gasteiger partial charge in [-0.1, -0.05) is 219 Å². The van der Waals surface area contributed by atoms with Gasteiger partial charge in [0.25, 0.3) is 0 Å². The Hall–Kier alpha value is -2.12. The highest BCUT2D eigenvalue weighted by Crippen LogP contribution is 2.22. The van der Waals surface area contributed by atoms with Gasteiger partial charge < -0.3 is 19.3 Å². The Bertz CT molecular complexity index is 952. The number of carboxylic acids is 1. The third kappa shape index (κ3) is 39.3. The van der Waals surface area contributed by atoms with Gasteiger partial charge in [-0.2, -0.15) is 0 Å². The summed E-state index contributed by atoms with van der Waals surface area (Å²) >= 11 is 0. The Morgan fingerprint density at radius 1 is 0.379 bits per heavy atom. The van der Waals surface area contributed by atoms with Gasteiger partial charge in [0.15, 0.2) is 0 Å². The summed E-state index contributed by atoms with van der Waals surface area (Å²) in [6.07, 6.45) is 41.3. The van der Waals surface area contributed by atoms with Crippen LogP contribution in [0.25, 0.3) is 0 Å². The normalized spacial score (nSPS) is 12.9. The zero-order valence-electron chi connectivity index (χ0n) is 38.6. The van der Waals surface area contributed by atoms with Crippen molar-refractivity contribution in [3.05, 3.63) is 0 Å². The Kier molecular flexibility index (Phi) is 41.4. The number of carbonyl (C=O) groups excluding carboxylic acids is 3. The number of esters is 3. The predicted molar refractivity (Wildman–Crippen MR) is 240 cm³/mol. The number of carbonyl (C=O) groups is 4. The minimum absolute atomic E-state index is 0.164. The fourth-order valence-corrected chi connectivity index (χ4v) is 7.86. The topological polar surface area (TPSA) is 116 Å². The van der Waals surface area contributed by atoms with Gasteiger partial charge >= 0.3 is 23.9 Å². The van der Waals surface area contributed by atoms with Crippen LogP contribution in [0.15, 0.2) is 0 Å². The van der Waals surface area contributed by atoms with E-state index in [-0.39, 0.29) is 18.4 Å². The van der Waals surface area contributed by atoms with Gasteiger partial charge in [0.2, 0.25) is 6.29 Å². The van der Waals surface area contributed by atoms with Gasteiger partial charge in [-0.05, 0) is 32.6 Å². The molecule has 0 saturated carbocycles. The Labute approximate surface area is 357 Å². The van der Waals surface area contributed by atoms with E-state index >= 15 is 0 Å². The van der Waals surface area contributed by atoms with Crippen molar-refractivity contribution >= 4 is 23.9 Å². The number of rotatable bonds is 45. The fourth-order valence-electron chi connectivity index (χ4n) is 7.86. The molecule has 0 aliphatic rings. The molecule has 0 fully saturated rings. The molecule has 0 heterocycles. The van der Waals surface area contributed by atoms with Crippen LogP contribution in [-0.4, -0.2) is 41.4 Å². The molecular formula is C50H94O8. The highest BCUT2D eigenvalue weighted by molar-refractivity contribution is 5.75. The van der Waals surface area contributed by atoms with Crippen molar-refractivity contribution in [2.24, 2.45) is 5.92 Å². The van der Waals surface area contributed by atoms with Crippen LogP contribution in [0.2, 0.25) is 0 Å². The van der Waals surface area contributed by atoms with Crippen LogP contribution in [0.4, 0.5) is 0 Å². The summed E-state index contributed by atoms with van der Waals surface area (Å²) in [5, 5.41) is 8.89. The van der Waals surface area contributed by atoms with E-state index in [0.29, 0.717) is 25.7 Å². The lowest BCUT2D eigenvalue weighted by Gasteiger charge is -2.24. The van der Waals surface area contributed by atoms with Crippen LogP contribution < -0.4 is 0 Å². The lowest BCUT2D eigenvalue weighted by Crippen LogP contribution is -2.34. The van der Waals surface area contributed by atoms with E-state index < -0.39 is 30.3 Å². The van der Waals surface area contributed by atoms with Crippen LogP contribution in [0.5, 0.6) is 0 Å². The van der Waals surface area contributed by atoms with Crippen molar-refractivity contribution in [2.75, 3.05) is 0 Å². The molecule has 0 aromatic rings. The van der Waals surface area contributed by atoms with Crippen molar-refractivity contribution in [1.82, 2.24) is 0 Å². The van der Waals surface area contributed by atoms with Gasteiger partial charge in [-0.25, -0.2) is 0 Å². The standard InChI is InChI=1S/C50H94O8/c1-5-7-9-11-13-15-17-19-21-23-25-27-29-34-38-42-48(53)56-44(3)46(40-36-32-31-33-37-41-47(51)52)50(55)58-45(4)57-49(54)43-39-35-30-28-26-24-22-20-18-16-14-12-10-8-6-2/h44-46H,5-43H2,1-4H3,(H,51,52). The van der Waals surface area contributed by atoms with Gasteiger partial charge in [-0.15, -0.1) is 0 Å². The molecular weight excluding hydrogens is 729 g/mol. The second kappa shape index (κ2) is 43.0. The van der Waals surface area contributed by atoms with Crippen LogP contribution in [-0.2, 0) is 33.4 Å². The number of unbranched alkanes of at least 4 members (excludes halogenated alkanes) is 32. The molecule has 342 valence electrons. The molecule has 0 amide bonds. The molecule has 0 aliphatic heterocycles. The minimum atomic E-state index is -1.02. The number of aliphatic carboxylic acids is 1. The average molecular weight is 823 g/mol. The monoisotopic (exact) mass is 823 g/mol. The first-order valence-electron chi connectivity index (χ1n) is 25.0. The van der Waals surface area contributed by atoms with Crippen LogP contribution in [0.1, 0.15) is 278 Å². The average Bonchev–Trinajstić information content (AvgIpc) is 3.18. The predicted octanol–water partition coefficient (Wildman–Crippen LogP) is 15.3. The van der Waals surface area contributed by atoms with Crippen molar-refractivity contribution in [1.29, 1.82) is 0 Å². The molecule has 0 saturated heterocycles. The van der Waals surface area contributed by atoms with Gasteiger partial charge in [0.05, 0.1) is 5.92 Å². The molecule has 0 rings (SSSR count). The first-order chi connectivity index (χ1) is 28.2. The van der Waals surface area contributed by atoms with Gasteiger partial charge in [0.1, 0.15) is 6.10 Å². The number of ether oxygens (including phenoxy) is 3. The van der Waals surface area contributed by atoms with Crippen LogP contribution in [0, 0.1) is 5.92 Å². The zero-order chi connectivity index (χ0) is 42.7. The van der Waals surface area contributed by atoms with Crippen molar-refractivity contribution < 1.29 is 38.5 Å².